The van der Waals surface area contributed by atoms with Gasteiger partial charge in [-0.15, -0.1) is 0 Å². The molecule has 0 aromatic carbocycles. The maximum absolute atomic E-state index is 12.0. The molecule has 1 saturated heterocycles. The Balaban J connectivity index is 2.16. The van der Waals surface area contributed by atoms with Crippen molar-refractivity contribution < 1.29 is 22.7 Å². The van der Waals surface area contributed by atoms with Crippen LogP contribution < -0.4 is 5.14 Å². The van der Waals surface area contributed by atoms with Crippen molar-refractivity contribution in [3.8, 4) is 0 Å². The summed E-state index contributed by atoms with van der Waals surface area (Å²) in [6, 6.07) is 0. The second kappa shape index (κ2) is 6.54. The lowest BCUT2D eigenvalue weighted by Crippen LogP contribution is -2.21. The van der Waals surface area contributed by atoms with Crippen molar-refractivity contribution in [1.82, 2.24) is 10.2 Å². The Morgan fingerprint density at radius 3 is 2.90 bits per heavy atom. The predicted molar refractivity (Wildman–Crippen MR) is 73.2 cm³/mol. The number of hydrogen-bond donors (Lipinski definition) is 2. The number of carbonyl (C=O) groups is 1. The van der Waals surface area contributed by atoms with Gasteiger partial charge in [0.25, 0.3) is 0 Å². The van der Waals surface area contributed by atoms with Gasteiger partial charge in [-0.1, -0.05) is 13.3 Å². The van der Waals surface area contributed by atoms with Crippen LogP contribution in [0, 0.1) is 0 Å². The molecule has 118 valence electrons. The van der Waals surface area contributed by atoms with Crippen molar-refractivity contribution in [2.75, 3.05) is 13.2 Å². The van der Waals surface area contributed by atoms with Gasteiger partial charge in [-0.3, -0.25) is 5.10 Å². The van der Waals surface area contributed by atoms with Gasteiger partial charge in [0.2, 0.25) is 10.0 Å². The number of hydrogen-bond acceptors (Lipinski definition) is 6. The highest BCUT2D eigenvalue weighted by molar-refractivity contribution is 7.89. The summed E-state index contributed by atoms with van der Waals surface area (Å²) in [7, 11) is -4.05. The van der Waals surface area contributed by atoms with E-state index in [0.29, 0.717) is 25.1 Å². The minimum Gasteiger partial charge on any atom is -0.458 e. The molecule has 2 rings (SSSR count). The fraction of sp³-hybridized carbons (Fsp3) is 0.667. The first kappa shape index (κ1) is 15.9. The Morgan fingerprint density at radius 2 is 2.33 bits per heavy atom. The van der Waals surface area contributed by atoms with Gasteiger partial charge in [-0.2, -0.15) is 5.10 Å². The van der Waals surface area contributed by atoms with E-state index in [1.807, 2.05) is 6.92 Å². The number of aromatic amines is 1. The number of ether oxygens (including phenoxy) is 2. The summed E-state index contributed by atoms with van der Waals surface area (Å²) in [4.78, 5) is 11.7. The van der Waals surface area contributed by atoms with Gasteiger partial charge in [0.05, 0.1) is 11.8 Å². The summed E-state index contributed by atoms with van der Waals surface area (Å²) >= 11 is 0. The van der Waals surface area contributed by atoms with E-state index in [1.54, 1.807) is 0 Å². The number of aromatic nitrogens is 2. The third-order valence-corrected chi connectivity index (χ3v) is 4.20. The third-order valence-electron chi connectivity index (χ3n) is 3.19. The molecule has 9 heteroatoms. The first-order valence-electron chi connectivity index (χ1n) is 6.82. The molecule has 1 atom stereocenters. The molecule has 1 aliphatic rings. The highest BCUT2D eigenvalue weighted by Gasteiger charge is 2.29. The van der Waals surface area contributed by atoms with Crippen LogP contribution in [0.4, 0.5) is 0 Å². The summed E-state index contributed by atoms with van der Waals surface area (Å²) in [5, 5.41) is 11.5. The summed E-state index contributed by atoms with van der Waals surface area (Å²) < 4.78 is 33.7. The lowest BCUT2D eigenvalue weighted by atomic mass is 10.2. The van der Waals surface area contributed by atoms with Gasteiger partial charge < -0.3 is 9.47 Å². The van der Waals surface area contributed by atoms with E-state index >= 15 is 0 Å². The SMILES string of the molecule is CCCc1[nH]nc(C(=O)OCC2CCCO2)c1S(N)(=O)=O. The van der Waals surface area contributed by atoms with Gasteiger partial charge in [0, 0.05) is 6.61 Å². The maximum Gasteiger partial charge on any atom is 0.360 e. The van der Waals surface area contributed by atoms with Crippen LogP contribution in [-0.2, 0) is 25.9 Å². The number of carbonyl (C=O) groups excluding carboxylic acids is 1. The Morgan fingerprint density at radius 1 is 1.57 bits per heavy atom. The summed E-state index contributed by atoms with van der Waals surface area (Å²) in [5.41, 5.74) is 0.0306. The van der Waals surface area contributed by atoms with Crippen LogP contribution in [0.25, 0.3) is 0 Å². The van der Waals surface area contributed by atoms with Crippen molar-refractivity contribution >= 4 is 16.0 Å². The molecule has 0 amide bonds. The van der Waals surface area contributed by atoms with Crippen molar-refractivity contribution in [3.05, 3.63) is 11.4 Å². The molecule has 0 spiro atoms. The zero-order valence-corrected chi connectivity index (χ0v) is 12.6. The lowest BCUT2D eigenvalue weighted by molar-refractivity contribution is 0.0153. The fourth-order valence-electron chi connectivity index (χ4n) is 2.24. The van der Waals surface area contributed by atoms with Crippen molar-refractivity contribution in [3.63, 3.8) is 0 Å². The molecule has 0 aliphatic carbocycles. The third kappa shape index (κ3) is 3.80. The molecule has 1 fully saturated rings. The Bertz CT molecular complexity index is 604. The molecule has 1 aromatic rings. The molecule has 2 heterocycles. The zero-order valence-electron chi connectivity index (χ0n) is 11.8. The molecule has 1 aliphatic heterocycles. The lowest BCUT2D eigenvalue weighted by Gasteiger charge is -2.09. The minimum absolute atomic E-state index is 0.0822. The van der Waals surface area contributed by atoms with E-state index in [1.165, 1.54) is 0 Å². The predicted octanol–water partition coefficient (Wildman–Crippen LogP) is 0.345. The quantitative estimate of drug-likeness (QED) is 0.729. The van der Waals surface area contributed by atoms with E-state index in [4.69, 9.17) is 14.6 Å². The van der Waals surface area contributed by atoms with E-state index < -0.39 is 16.0 Å². The standard InChI is InChI=1S/C12H19N3O5S/c1-2-4-9-11(21(13,17)18)10(15-14-9)12(16)20-7-8-5-3-6-19-8/h8H,2-7H2,1H3,(H,14,15)(H2,13,17,18). The average Bonchev–Trinajstić information content (AvgIpc) is 3.04. The topological polar surface area (TPSA) is 124 Å². The van der Waals surface area contributed by atoms with Crippen LogP contribution in [0.15, 0.2) is 4.90 Å². The number of esters is 1. The van der Waals surface area contributed by atoms with E-state index in [2.05, 4.69) is 10.2 Å². The second-order valence-corrected chi connectivity index (χ2v) is 6.41. The highest BCUT2D eigenvalue weighted by Crippen LogP contribution is 2.20. The largest absolute Gasteiger partial charge is 0.458 e. The minimum atomic E-state index is -4.05. The molecule has 21 heavy (non-hydrogen) atoms. The van der Waals surface area contributed by atoms with Crippen molar-refractivity contribution in [2.24, 2.45) is 5.14 Å². The Labute approximate surface area is 123 Å². The Hall–Kier alpha value is -1.45. The van der Waals surface area contributed by atoms with Gasteiger partial charge in [0.1, 0.15) is 11.5 Å². The van der Waals surface area contributed by atoms with Crippen LogP contribution in [0.3, 0.4) is 0 Å². The van der Waals surface area contributed by atoms with Crippen LogP contribution in [0.5, 0.6) is 0 Å². The number of H-pyrrole nitrogens is 1. The maximum atomic E-state index is 12.0. The zero-order chi connectivity index (χ0) is 15.5. The number of nitrogens with one attached hydrogen (secondary N) is 1. The first-order valence-corrected chi connectivity index (χ1v) is 8.37. The molecule has 1 unspecified atom stereocenters. The van der Waals surface area contributed by atoms with Gasteiger partial charge in [-0.05, 0) is 19.3 Å². The molecular formula is C12H19N3O5S. The van der Waals surface area contributed by atoms with Gasteiger partial charge in [-0.25, -0.2) is 18.4 Å². The summed E-state index contributed by atoms with van der Waals surface area (Å²) in [6.45, 7) is 2.61. The summed E-state index contributed by atoms with van der Waals surface area (Å²) in [6.07, 6.45) is 2.72. The second-order valence-electron chi connectivity index (χ2n) is 4.91. The Kier molecular flexibility index (Phi) is 4.96. The molecular weight excluding hydrogens is 298 g/mol. The number of aryl methyl sites for hydroxylation is 1. The number of sulfonamides is 1. The molecule has 1 aromatic heterocycles. The fourth-order valence-corrected chi connectivity index (χ4v) is 3.13. The van der Waals surface area contributed by atoms with Crippen LogP contribution >= 0.6 is 0 Å². The number of primary sulfonamides is 1. The highest BCUT2D eigenvalue weighted by atomic mass is 32.2. The summed E-state index contributed by atoms with van der Waals surface area (Å²) in [5.74, 6) is -0.812. The number of rotatable bonds is 6. The molecule has 0 radical (unpaired) electrons. The van der Waals surface area contributed by atoms with E-state index in [0.717, 1.165) is 12.8 Å². The van der Waals surface area contributed by atoms with Crippen LogP contribution in [0.2, 0.25) is 0 Å². The molecule has 3 N–H and O–H groups in total. The van der Waals surface area contributed by atoms with Crippen molar-refractivity contribution in [2.45, 2.75) is 43.6 Å². The first-order chi connectivity index (χ1) is 9.93. The van der Waals surface area contributed by atoms with Crippen molar-refractivity contribution in [1.29, 1.82) is 0 Å². The number of nitrogens with two attached hydrogens (primary N) is 1. The van der Waals surface area contributed by atoms with Crippen LogP contribution in [0.1, 0.15) is 42.4 Å². The smallest absolute Gasteiger partial charge is 0.360 e. The van der Waals surface area contributed by atoms with E-state index in [-0.39, 0.29) is 23.3 Å². The number of nitrogens with zero attached hydrogens (tertiary/aromatic N) is 1. The van der Waals surface area contributed by atoms with Gasteiger partial charge >= 0.3 is 5.97 Å². The van der Waals surface area contributed by atoms with Crippen LogP contribution in [-0.4, -0.2) is 43.9 Å². The molecule has 8 nitrogen and oxygen atoms in total. The van der Waals surface area contributed by atoms with Gasteiger partial charge in [0.15, 0.2) is 5.69 Å². The normalized spacial score (nSPS) is 18.9. The average molecular weight is 317 g/mol. The molecule has 0 bridgehead atoms. The van der Waals surface area contributed by atoms with E-state index in [9.17, 15) is 13.2 Å². The molecule has 0 saturated carbocycles. The monoisotopic (exact) mass is 317 g/mol.